The Balaban J connectivity index is 2.63. The Hall–Kier alpha value is -1.58. The lowest BCUT2D eigenvalue weighted by Crippen LogP contribution is -2.15. The highest BCUT2D eigenvalue weighted by Gasteiger charge is 2.26. The molecule has 1 aromatic rings. The van der Waals surface area contributed by atoms with E-state index in [1.165, 1.54) is 0 Å². The van der Waals surface area contributed by atoms with Gasteiger partial charge in [-0.15, -0.1) is 0 Å². The molecule has 1 aliphatic carbocycles. The third kappa shape index (κ3) is 1.37. The van der Waals surface area contributed by atoms with Crippen molar-refractivity contribution in [2.24, 2.45) is 7.05 Å². The average Bonchev–Trinajstić information content (AvgIpc) is 2.39. The molecular formula is C11H13NO3. The van der Waals surface area contributed by atoms with Crippen LogP contribution in [0.3, 0.4) is 0 Å². The van der Waals surface area contributed by atoms with E-state index in [9.17, 15) is 9.59 Å². The first-order chi connectivity index (χ1) is 7.02. The minimum atomic E-state index is -0.920. The first-order valence-corrected chi connectivity index (χ1v) is 4.94. The molecule has 1 aromatic heterocycles. The fraction of sp³-hybridized carbons (Fsp3) is 0.455. The maximum atomic E-state index is 11.3. The molecule has 0 amide bonds. The summed E-state index contributed by atoms with van der Waals surface area (Å²) in [5.74, 6) is -0.718. The Kier molecular flexibility index (Phi) is 2.14. The summed E-state index contributed by atoms with van der Waals surface area (Å²) in [5, 5.41) is 9.06. The summed E-state index contributed by atoms with van der Waals surface area (Å²) in [7, 11) is 1.76. The number of hydrogen-bond acceptors (Lipinski definition) is 2. The van der Waals surface area contributed by atoms with Crippen LogP contribution in [0.4, 0.5) is 0 Å². The van der Waals surface area contributed by atoms with Gasteiger partial charge in [-0.3, -0.25) is 4.79 Å². The van der Waals surface area contributed by atoms with Gasteiger partial charge in [0, 0.05) is 25.6 Å². The standard InChI is InChI=1S/C11H13NO3/c1-6-8-5-7(13)3-4-9(8)12(2)10(6)11(14)15/h3-5H2,1-2H3,(H,14,15). The summed E-state index contributed by atoms with van der Waals surface area (Å²) in [6.45, 7) is 1.78. The summed E-state index contributed by atoms with van der Waals surface area (Å²) in [5.41, 5.74) is 2.98. The quantitative estimate of drug-likeness (QED) is 0.749. The van der Waals surface area contributed by atoms with E-state index in [0.29, 0.717) is 25.0 Å². The molecule has 1 heterocycles. The first-order valence-electron chi connectivity index (χ1n) is 4.94. The molecule has 0 atom stereocenters. The van der Waals surface area contributed by atoms with Crippen LogP contribution < -0.4 is 0 Å². The molecule has 0 bridgehead atoms. The van der Waals surface area contributed by atoms with Gasteiger partial charge in [0.1, 0.15) is 11.5 Å². The lowest BCUT2D eigenvalue weighted by atomic mass is 9.94. The van der Waals surface area contributed by atoms with E-state index >= 15 is 0 Å². The average molecular weight is 207 g/mol. The Bertz CT molecular complexity index is 457. The van der Waals surface area contributed by atoms with Crippen molar-refractivity contribution in [1.29, 1.82) is 0 Å². The number of hydrogen-bond donors (Lipinski definition) is 1. The van der Waals surface area contributed by atoms with Gasteiger partial charge in [-0.2, -0.15) is 0 Å². The number of carboxylic acid groups (broad SMARTS) is 1. The van der Waals surface area contributed by atoms with Crippen LogP contribution >= 0.6 is 0 Å². The molecule has 0 aromatic carbocycles. The van der Waals surface area contributed by atoms with Gasteiger partial charge in [0.05, 0.1) is 0 Å². The van der Waals surface area contributed by atoms with Gasteiger partial charge in [0.25, 0.3) is 0 Å². The second-order valence-electron chi connectivity index (χ2n) is 3.98. The van der Waals surface area contributed by atoms with Gasteiger partial charge >= 0.3 is 5.97 Å². The number of fused-ring (bicyclic) bond motifs is 1. The van der Waals surface area contributed by atoms with Crippen molar-refractivity contribution in [3.05, 3.63) is 22.5 Å². The van der Waals surface area contributed by atoms with E-state index in [4.69, 9.17) is 5.11 Å². The number of ketones is 1. The maximum absolute atomic E-state index is 11.3. The lowest BCUT2D eigenvalue weighted by molar-refractivity contribution is -0.118. The van der Waals surface area contributed by atoms with Crippen molar-refractivity contribution in [3.8, 4) is 0 Å². The number of aromatic carboxylic acids is 1. The molecule has 0 aliphatic heterocycles. The van der Waals surface area contributed by atoms with Gasteiger partial charge in [0.15, 0.2) is 0 Å². The van der Waals surface area contributed by atoms with Gasteiger partial charge in [-0.1, -0.05) is 0 Å². The Labute approximate surface area is 87.5 Å². The number of Topliss-reactive ketones (excluding diaryl/α,β-unsaturated/α-hetero) is 1. The number of carbonyl (C=O) groups excluding carboxylic acids is 1. The van der Waals surface area contributed by atoms with E-state index in [1.54, 1.807) is 18.5 Å². The molecule has 2 rings (SSSR count). The summed E-state index contributed by atoms with van der Waals surface area (Å²) < 4.78 is 1.71. The third-order valence-corrected chi connectivity index (χ3v) is 3.11. The lowest BCUT2D eigenvalue weighted by Gasteiger charge is -2.12. The van der Waals surface area contributed by atoms with Gasteiger partial charge in [-0.25, -0.2) is 4.79 Å². The predicted octanol–water partition coefficient (Wildman–Crippen LogP) is 1.09. The van der Waals surface area contributed by atoms with Crippen LogP contribution in [0.15, 0.2) is 0 Å². The van der Waals surface area contributed by atoms with E-state index in [0.717, 1.165) is 16.8 Å². The van der Waals surface area contributed by atoms with Crippen molar-refractivity contribution in [1.82, 2.24) is 4.57 Å². The fourth-order valence-corrected chi connectivity index (χ4v) is 2.35. The summed E-state index contributed by atoms with van der Waals surface area (Å²) in [6, 6.07) is 0. The van der Waals surface area contributed by atoms with Crippen LogP contribution in [0.5, 0.6) is 0 Å². The zero-order valence-electron chi connectivity index (χ0n) is 8.83. The highest BCUT2D eigenvalue weighted by molar-refractivity contribution is 5.91. The molecule has 80 valence electrons. The molecule has 0 saturated heterocycles. The number of carboxylic acids is 1. The summed E-state index contributed by atoms with van der Waals surface area (Å²) >= 11 is 0. The Morgan fingerprint density at radius 3 is 2.67 bits per heavy atom. The van der Waals surface area contributed by atoms with E-state index in [2.05, 4.69) is 0 Å². The van der Waals surface area contributed by atoms with E-state index in [-0.39, 0.29) is 5.78 Å². The van der Waals surface area contributed by atoms with Gasteiger partial charge < -0.3 is 9.67 Å². The Morgan fingerprint density at radius 2 is 2.07 bits per heavy atom. The molecule has 4 nitrogen and oxygen atoms in total. The van der Waals surface area contributed by atoms with E-state index < -0.39 is 5.97 Å². The van der Waals surface area contributed by atoms with Crippen molar-refractivity contribution < 1.29 is 14.7 Å². The molecule has 0 saturated carbocycles. The minimum absolute atomic E-state index is 0.202. The molecule has 4 heteroatoms. The van der Waals surface area contributed by atoms with Crippen LogP contribution in [-0.4, -0.2) is 21.4 Å². The SMILES string of the molecule is Cc1c2c(n(C)c1C(=O)O)CCC(=O)C2. The molecule has 0 radical (unpaired) electrons. The largest absolute Gasteiger partial charge is 0.477 e. The van der Waals surface area contributed by atoms with Crippen LogP contribution in [0.1, 0.15) is 33.7 Å². The number of nitrogens with zero attached hydrogens (tertiary/aromatic N) is 1. The highest BCUT2D eigenvalue weighted by atomic mass is 16.4. The number of aromatic nitrogens is 1. The smallest absolute Gasteiger partial charge is 0.352 e. The number of carbonyl (C=O) groups is 2. The Morgan fingerprint density at radius 1 is 1.40 bits per heavy atom. The highest BCUT2D eigenvalue weighted by Crippen LogP contribution is 2.27. The number of rotatable bonds is 1. The van der Waals surface area contributed by atoms with E-state index in [1.807, 2.05) is 0 Å². The fourth-order valence-electron chi connectivity index (χ4n) is 2.35. The second-order valence-corrected chi connectivity index (χ2v) is 3.98. The van der Waals surface area contributed by atoms with Crippen molar-refractivity contribution in [2.45, 2.75) is 26.2 Å². The van der Waals surface area contributed by atoms with Gasteiger partial charge in [-0.05, 0) is 24.5 Å². The zero-order chi connectivity index (χ0) is 11.2. The van der Waals surface area contributed by atoms with Crippen LogP contribution in [0, 0.1) is 6.92 Å². The molecule has 0 fully saturated rings. The van der Waals surface area contributed by atoms with Crippen LogP contribution in [0.25, 0.3) is 0 Å². The van der Waals surface area contributed by atoms with Gasteiger partial charge in [0.2, 0.25) is 0 Å². The normalized spacial score (nSPS) is 15.2. The molecule has 1 N–H and O–H groups in total. The summed E-state index contributed by atoms with van der Waals surface area (Å²) in [6.07, 6.45) is 1.59. The topological polar surface area (TPSA) is 59.3 Å². The predicted molar refractivity (Wildman–Crippen MR) is 54.1 cm³/mol. The summed E-state index contributed by atoms with van der Waals surface area (Å²) in [4.78, 5) is 22.3. The molecule has 0 spiro atoms. The molecular weight excluding hydrogens is 194 g/mol. The minimum Gasteiger partial charge on any atom is -0.477 e. The molecule has 0 unspecified atom stereocenters. The second kappa shape index (κ2) is 3.22. The third-order valence-electron chi connectivity index (χ3n) is 3.11. The van der Waals surface area contributed by atoms with Crippen LogP contribution in [0.2, 0.25) is 0 Å². The molecule has 15 heavy (non-hydrogen) atoms. The monoisotopic (exact) mass is 207 g/mol. The van der Waals surface area contributed by atoms with Crippen molar-refractivity contribution in [3.63, 3.8) is 0 Å². The van der Waals surface area contributed by atoms with Crippen molar-refractivity contribution >= 4 is 11.8 Å². The van der Waals surface area contributed by atoms with Crippen molar-refractivity contribution in [2.75, 3.05) is 0 Å². The maximum Gasteiger partial charge on any atom is 0.352 e. The molecule has 1 aliphatic rings. The zero-order valence-corrected chi connectivity index (χ0v) is 8.83. The first kappa shape index (κ1) is 9.96. The van der Waals surface area contributed by atoms with Crippen LogP contribution in [-0.2, 0) is 24.7 Å².